The summed E-state index contributed by atoms with van der Waals surface area (Å²) >= 11 is 0. The Bertz CT molecular complexity index is 656. The van der Waals surface area contributed by atoms with Crippen molar-refractivity contribution in [1.82, 2.24) is 9.62 Å². The first kappa shape index (κ1) is 19.9. The molecule has 2 rings (SSSR count). The van der Waals surface area contributed by atoms with Gasteiger partial charge in [-0.1, -0.05) is 6.07 Å². The van der Waals surface area contributed by atoms with Crippen molar-refractivity contribution in [2.75, 3.05) is 32.5 Å². The van der Waals surface area contributed by atoms with E-state index in [1.807, 2.05) is 0 Å². The van der Waals surface area contributed by atoms with Gasteiger partial charge in [0.2, 0.25) is 15.9 Å². The van der Waals surface area contributed by atoms with Gasteiger partial charge in [-0.05, 0) is 44.0 Å². The van der Waals surface area contributed by atoms with Crippen molar-refractivity contribution in [3.05, 3.63) is 23.8 Å². The molecule has 8 heteroatoms. The van der Waals surface area contributed by atoms with E-state index in [1.165, 1.54) is 24.5 Å². The lowest BCUT2D eigenvalue weighted by Gasteiger charge is -2.22. The molecule has 0 aromatic heterocycles. The molecule has 1 saturated heterocycles. The zero-order valence-corrected chi connectivity index (χ0v) is 15.3. The van der Waals surface area contributed by atoms with E-state index in [9.17, 15) is 13.2 Å². The zero-order chi connectivity index (χ0) is 16.3. The third kappa shape index (κ3) is 4.67. The summed E-state index contributed by atoms with van der Waals surface area (Å²) in [5.74, 6) is -0.131. The minimum atomic E-state index is -3.52. The van der Waals surface area contributed by atoms with Crippen LogP contribution in [0.5, 0.6) is 0 Å². The Morgan fingerprint density at radius 2 is 2.04 bits per heavy atom. The Kier molecular flexibility index (Phi) is 7.01. The molecule has 0 saturated carbocycles. The third-order valence-electron chi connectivity index (χ3n) is 3.88. The first-order valence-corrected chi connectivity index (χ1v) is 8.81. The van der Waals surface area contributed by atoms with Crippen LogP contribution in [-0.2, 0) is 14.8 Å². The highest BCUT2D eigenvalue weighted by Crippen LogP contribution is 2.23. The second kappa shape index (κ2) is 8.10. The number of nitrogens with one attached hydrogen (secondary N) is 2. The predicted molar refractivity (Wildman–Crippen MR) is 93.5 cm³/mol. The number of rotatable bonds is 4. The number of halogens is 1. The number of sulfonamides is 1. The van der Waals surface area contributed by atoms with Crippen LogP contribution in [0.3, 0.4) is 0 Å². The Morgan fingerprint density at radius 1 is 1.35 bits per heavy atom. The van der Waals surface area contributed by atoms with Crippen LogP contribution in [0.4, 0.5) is 5.69 Å². The molecule has 0 spiro atoms. The summed E-state index contributed by atoms with van der Waals surface area (Å²) in [6, 6.07) is 4.97. The molecule has 0 aliphatic carbocycles. The van der Waals surface area contributed by atoms with Gasteiger partial charge >= 0.3 is 0 Å². The summed E-state index contributed by atoms with van der Waals surface area (Å²) in [5, 5.41) is 6.03. The Labute approximate surface area is 144 Å². The van der Waals surface area contributed by atoms with Gasteiger partial charge in [-0.25, -0.2) is 12.7 Å². The van der Waals surface area contributed by atoms with Gasteiger partial charge in [0.05, 0.1) is 10.8 Å². The molecule has 2 N–H and O–H groups in total. The maximum absolute atomic E-state index is 12.3. The zero-order valence-electron chi connectivity index (χ0n) is 13.6. The van der Waals surface area contributed by atoms with Gasteiger partial charge in [0, 0.05) is 26.3 Å². The standard InChI is InChI=1S/C15H23N3O3S.ClH/c1-11-6-7-13(9-14(11)22(20,21)18(2)3)17-15(19)12-5-4-8-16-10-12;/h6-7,9,12,16H,4-5,8,10H2,1-3H3,(H,17,19);1H/t12-;/m1./s1. The van der Waals surface area contributed by atoms with Crippen molar-refractivity contribution < 1.29 is 13.2 Å². The van der Waals surface area contributed by atoms with Crippen LogP contribution in [0.25, 0.3) is 0 Å². The number of piperidine rings is 1. The van der Waals surface area contributed by atoms with Gasteiger partial charge in [-0.3, -0.25) is 4.79 Å². The van der Waals surface area contributed by atoms with Crippen LogP contribution in [0.2, 0.25) is 0 Å². The molecule has 1 aromatic rings. The topological polar surface area (TPSA) is 78.5 Å². The molecule has 6 nitrogen and oxygen atoms in total. The van der Waals surface area contributed by atoms with Gasteiger partial charge < -0.3 is 10.6 Å². The smallest absolute Gasteiger partial charge is 0.242 e. The van der Waals surface area contributed by atoms with Crippen molar-refractivity contribution in [2.24, 2.45) is 5.92 Å². The van der Waals surface area contributed by atoms with Crippen LogP contribution >= 0.6 is 12.4 Å². The van der Waals surface area contributed by atoms with Crippen LogP contribution in [0, 0.1) is 12.8 Å². The van der Waals surface area contributed by atoms with Crippen molar-refractivity contribution in [1.29, 1.82) is 0 Å². The molecule has 1 aromatic carbocycles. The second-order valence-electron chi connectivity index (χ2n) is 5.80. The van der Waals surface area contributed by atoms with Gasteiger partial charge in [-0.15, -0.1) is 12.4 Å². The summed E-state index contributed by atoms with van der Waals surface area (Å²) in [7, 11) is -0.533. The van der Waals surface area contributed by atoms with Gasteiger partial charge in [-0.2, -0.15) is 0 Å². The minimum absolute atomic E-state index is 0. The van der Waals surface area contributed by atoms with Crippen LogP contribution in [-0.4, -0.2) is 45.8 Å². The third-order valence-corrected chi connectivity index (χ3v) is 5.84. The summed E-state index contributed by atoms with van der Waals surface area (Å²) in [6.45, 7) is 3.35. The van der Waals surface area contributed by atoms with E-state index >= 15 is 0 Å². The molecular formula is C15H24ClN3O3S. The van der Waals surface area contributed by atoms with Gasteiger partial charge in [0.25, 0.3) is 0 Å². The normalized spacial score (nSPS) is 18.3. The van der Waals surface area contributed by atoms with E-state index < -0.39 is 10.0 Å². The number of carbonyl (C=O) groups excluding carboxylic acids is 1. The molecule has 0 bridgehead atoms. The van der Waals surface area contributed by atoms with Crippen molar-refractivity contribution in [3.63, 3.8) is 0 Å². The van der Waals surface area contributed by atoms with Gasteiger partial charge in [0.15, 0.2) is 0 Å². The number of hydrogen-bond donors (Lipinski definition) is 2. The highest BCUT2D eigenvalue weighted by atomic mass is 35.5. The SMILES string of the molecule is Cc1ccc(NC(=O)[C@@H]2CCCNC2)cc1S(=O)(=O)N(C)C.Cl. The summed E-state index contributed by atoms with van der Waals surface area (Å²) in [5.41, 5.74) is 1.17. The molecule has 0 radical (unpaired) electrons. The fraction of sp³-hybridized carbons (Fsp3) is 0.533. The molecule has 23 heavy (non-hydrogen) atoms. The molecular weight excluding hydrogens is 338 g/mol. The average molecular weight is 362 g/mol. The largest absolute Gasteiger partial charge is 0.326 e. The first-order chi connectivity index (χ1) is 10.3. The Balaban J connectivity index is 0.00000264. The quantitative estimate of drug-likeness (QED) is 0.853. The summed E-state index contributed by atoms with van der Waals surface area (Å²) in [6.07, 6.45) is 1.83. The van der Waals surface area contributed by atoms with E-state index in [2.05, 4.69) is 10.6 Å². The highest BCUT2D eigenvalue weighted by Gasteiger charge is 2.23. The lowest BCUT2D eigenvalue weighted by atomic mass is 9.99. The lowest BCUT2D eigenvalue weighted by molar-refractivity contribution is -0.120. The average Bonchev–Trinajstić information content (AvgIpc) is 2.49. The fourth-order valence-electron chi connectivity index (χ4n) is 2.47. The molecule has 1 aliphatic rings. The Hall–Kier alpha value is -1.15. The van der Waals surface area contributed by atoms with E-state index in [1.54, 1.807) is 19.1 Å². The van der Waals surface area contributed by atoms with Crippen LogP contribution in [0.15, 0.2) is 23.1 Å². The maximum atomic E-state index is 12.3. The number of anilines is 1. The predicted octanol–water partition coefficient (Wildman–Crippen LogP) is 1.61. The molecule has 1 atom stereocenters. The van der Waals surface area contributed by atoms with E-state index in [4.69, 9.17) is 0 Å². The maximum Gasteiger partial charge on any atom is 0.242 e. The number of carbonyl (C=O) groups is 1. The summed E-state index contributed by atoms with van der Waals surface area (Å²) in [4.78, 5) is 12.5. The van der Waals surface area contributed by atoms with Gasteiger partial charge in [0.1, 0.15) is 0 Å². The van der Waals surface area contributed by atoms with Crippen LogP contribution < -0.4 is 10.6 Å². The van der Waals surface area contributed by atoms with Crippen molar-refractivity contribution in [2.45, 2.75) is 24.7 Å². The minimum Gasteiger partial charge on any atom is -0.326 e. The number of amides is 1. The number of benzene rings is 1. The van der Waals surface area contributed by atoms with Crippen molar-refractivity contribution >= 4 is 34.0 Å². The second-order valence-corrected chi connectivity index (χ2v) is 7.92. The lowest BCUT2D eigenvalue weighted by Crippen LogP contribution is -2.37. The molecule has 1 fully saturated rings. The van der Waals surface area contributed by atoms with E-state index in [0.29, 0.717) is 17.8 Å². The molecule has 130 valence electrons. The number of aryl methyl sites for hydroxylation is 1. The summed E-state index contributed by atoms with van der Waals surface area (Å²) < 4.78 is 25.8. The van der Waals surface area contributed by atoms with E-state index in [0.717, 1.165) is 19.4 Å². The van der Waals surface area contributed by atoms with Crippen LogP contribution in [0.1, 0.15) is 18.4 Å². The monoisotopic (exact) mass is 361 g/mol. The molecule has 0 unspecified atom stereocenters. The highest BCUT2D eigenvalue weighted by molar-refractivity contribution is 7.89. The van der Waals surface area contributed by atoms with E-state index in [-0.39, 0.29) is 29.1 Å². The molecule has 1 amide bonds. The molecule has 1 aliphatic heterocycles. The Morgan fingerprint density at radius 3 is 2.61 bits per heavy atom. The number of hydrogen-bond acceptors (Lipinski definition) is 4. The molecule has 1 heterocycles. The number of nitrogens with zero attached hydrogens (tertiary/aromatic N) is 1. The fourth-order valence-corrected chi connectivity index (χ4v) is 3.62. The first-order valence-electron chi connectivity index (χ1n) is 7.37. The van der Waals surface area contributed by atoms with Crippen molar-refractivity contribution in [3.8, 4) is 0 Å².